The molecule has 14 heteroatoms. The fourth-order valence-electron chi connectivity index (χ4n) is 4.17. The second-order valence-corrected chi connectivity index (χ2v) is 8.94. The summed E-state index contributed by atoms with van der Waals surface area (Å²) in [5.74, 6) is -3.63. The highest BCUT2D eigenvalue weighted by molar-refractivity contribution is 6.15. The van der Waals surface area contributed by atoms with Gasteiger partial charge in [-0.25, -0.2) is 4.79 Å². The van der Waals surface area contributed by atoms with Crippen LogP contribution < -0.4 is 15.5 Å². The molecule has 11 nitrogen and oxygen atoms in total. The summed E-state index contributed by atoms with van der Waals surface area (Å²) in [4.78, 5) is 50.4. The van der Waals surface area contributed by atoms with E-state index in [0.717, 1.165) is 35.2 Å². The first-order valence-electron chi connectivity index (χ1n) is 12.0. The number of carboxylic acid groups (broad SMARTS) is 1. The van der Waals surface area contributed by atoms with E-state index in [1.165, 1.54) is 39.2 Å². The van der Waals surface area contributed by atoms with Crippen molar-refractivity contribution in [3.63, 3.8) is 0 Å². The maximum absolute atomic E-state index is 14.2. The van der Waals surface area contributed by atoms with Crippen LogP contribution in [0.1, 0.15) is 49.3 Å². The predicted molar refractivity (Wildman–Crippen MR) is 143 cm³/mol. The van der Waals surface area contributed by atoms with E-state index in [4.69, 9.17) is 9.78 Å². The van der Waals surface area contributed by atoms with Crippen LogP contribution in [0.25, 0.3) is 22.1 Å². The first-order valence-corrected chi connectivity index (χ1v) is 12.0. The van der Waals surface area contributed by atoms with E-state index in [2.05, 4.69) is 15.8 Å². The third-order valence-electron chi connectivity index (χ3n) is 6.38. The van der Waals surface area contributed by atoms with Gasteiger partial charge in [-0.3, -0.25) is 14.4 Å². The molecular weight excluding hydrogens is 559 g/mol. The Morgan fingerprint density at radius 2 is 1.71 bits per heavy atom. The monoisotopic (exact) mass is 579 g/mol. The molecule has 4 aromatic rings. The first-order chi connectivity index (χ1) is 19.8. The average molecular weight is 579 g/mol. The maximum atomic E-state index is 14.2. The number of rotatable bonds is 6. The average Bonchev–Trinajstić information content (AvgIpc) is 3.38. The van der Waals surface area contributed by atoms with Crippen molar-refractivity contribution in [2.45, 2.75) is 13.1 Å². The van der Waals surface area contributed by atoms with Crippen molar-refractivity contribution >= 4 is 46.0 Å². The number of hydrogen-bond acceptors (Lipinski definition) is 7. The fraction of sp³-hybridized carbons (Fsp3) is 0.143. The molecule has 0 unspecified atom stereocenters. The SMILES string of the molecule is CNC(=O)c1cc2c(C(=O)Nc3ccc(C#N)cc3C(=O)O)noc2cc1-c1ccc(N(C)C(C)=O)cc1C(F)(F)F. The van der Waals surface area contributed by atoms with E-state index >= 15 is 0 Å². The minimum atomic E-state index is -4.88. The van der Waals surface area contributed by atoms with Gasteiger partial charge in [0.25, 0.3) is 11.8 Å². The molecule has 0 radical (unpaired) electrons. The topological polar surface area (TPSA) is 166 Å². The molecule has 0 saturated carbocycles. The quantitative estimate of drug-likeness (QED) is 0.296. The molecule has 0 bridgehead atoms. The van der Waals surface area contributed by atoms with Crippen molar-refractivity contribution in [2.75, 3.05) is 24.3 Å². The number of halogens is 3. The third kappa shape index (κ3) is 5.48. The van der Waals surface area contributed by atoms with Crippen molar-refractivity contribution in [3.05, 3.63) is 76.5 Å². The van der Waals surface area contributed by atoms with E-state index in [1.54, 1.807) is 6.07 Å². The van der Waals surface area contributed by atoms with Crippen molar-refractivity contribution in [2.24, 2.45) is 0 Å². The lowest BCUT2D eigenvalue weighted by atomic mass is 9.92. The normalized spacial score (nSPS) is 11.1. The number of alkyl halides is 3. The van der Waals surface area contributed by atoms with Gasteiger partial charge in [0.05, 0.1) is 33.8 Å². The number of nitriles is 1. The number of amides is 3. The lowest BCUT2D eigenvalue weighted by Crippen LogP contribution is -2.23. The number of anilines is 2. The smallest absolute Gasteiger partial charge is 0.417 e. The van der Waals surface area contributed by atoms with E-state index in [1.807, 2.05) is 0 Å². The van der Waals surface area contributed by atoms with Gasteiger partial charge >= 0.3 is 12.1 Å². The van der Waals surface area contributed by atoms with Crippen LogP contribution in [0.4, 0.5) is 24.5 Å². The number of benzene rings is 3. The summed E-state index contributed by atoms with van der Waals surface area (Å²) in [7, 11) is 2.59. The predicted octanol–water partition coefficient (Wildman–Crippen LogP) is 4.68. The van der Waals surface area contributed by atoms with Crippen molar-refractivity contribution in [1.29, 1.82) is 5.26 Å². The van der Waals surface area contributed by atoms with Gasteiger partial charge in [-0.05, 0) is 53.6 Å². The second-order valence-electron chi connectivity index (χ2n) is 8.94. The standard InChI is InChI=1S/C28H20F3N5O6/c1-13(37)36(3)15-5-6-16(21(9-15)28(29,30)31)17-11-23-20(10-18(17)25(38)33-2)24(35-42-23)26(39)34-22-7-4-14(12-32)8-19(22)27(40)41/h4-11H,1-3H3,(H,33,38)(H,34,39)(H,40,41). The molecule has 214 valence electrons. The highest BCUT2D eigenvalue weighted by Gasteiger charge is 2.36. The van der Waals surface area contributed by atoms with Crippen molar-refractivity contribution in [1.82, 2.24) is 10.5 Å². The van der Waals surface area contributed by atoms with Gasteiger partial charge in [0.2, 0.25) is 5.91 Å². The fourth-order valence-corrected chi connectivity index (χ4v) is 4.17. The molecule has 0 atom stereocenters. The molecule has 3 N–H and O–H groups in total. The number of carbonyl (C=O) groups excluding carboxylic acids is 3. The number of carboxylic acids is 1. The van der Waals surface area contributed by atoms with Crippen LogP contribution >= 0.6 is 0 Å². The Bertz CT molecular complexity index is 1820. The van der Waals surface area contributed by atoms with Crippen molar-refractivity contribution in [3.8, 4) is 17.2 Å². The molecule has 0 saturated heterocycles. The second kappa shape index (κ2) is 11.0. The molecule has 0 fully saturated rings. The van der Waals surface area contributed by atoms with Crippen LogP contribution in [0.3, 0.4) is 0 Å². The summed E-state index contributed by atoms with van der Waals surface area (Å²) in [5, 5.41) is 26.9. The van der Waals surface area contributed by atoms with Gasteiger partial charge in [0.15, 0.2) is 11.3 Å². The zero-order valence-corrected chi connectivity index (χ0v) is 22.1. The van der Waals surface area contributed by atoms with Crippen LogP contribution in [0.2, 0.25) is 0 Å². The number of carbonyl (C=O) groups is 4. The number of aromatic carboxylic acids is 1. The number of fused-ring (bicyclic) bond motifs is 1. The van der Waals surface area contributed by atoms with Gasteiger partial charge in [-0.15, -0.1) is 0 Å². The molecule has 1 heterocycles. The molecule has 3 amide bonds. The number of nitrogens with zero attached hydrogens (tertiary/aromatic N) is 3. The summed E-state index contributed by atoms with van der Waals surface area (Å²) in [6, 6.07) is 10.8. The minimum Gasteiger partial charge on any atom is -0.478 e. The Labute approximate surface area is 235 Å². The Morgan fingerprint density at radius 3 is 2.31 bits per heavy atom. The van der Waals surface area contributed by atoms with E-state index in [9.17, 15) is 37.5 Å². The van der Waals surface area contributed by atoms with E-state index < -0.39 is 41.0 Å². The zero-order chi connectivity index (χ0) is 30.9. The molecule has 0 spiro atoms. The van der Waals surface area contributed by atoms with Crippen LogP contribution in [0, 0.1) is 11.3 Å². The van der Waals surface area contributed by atoms with Crippen LogP contribution in [0.5, 0.6) is 0 Å². The third-order valence-corrected chi connectivity index (χ3v) is 6.38. The molecule has 0 aliphatic carbocycles. The van der Waals surface area contributed by atoms with E-state index in [0.29, 0.717) is 0 Å². The Balaban J connectivity index is 1.87. The molecule has 0 aliphatic heterocycles. The highest BCUT2D eigenvalue weighted by atomic mass is 19.4. The Hall–Kier alpha value is -5.71. The molecule has 3 aromatic carbocycles. The molecular formula is C28H20F3N5O6. The van der Waals surface area contributed by atoms with Crippen molar-refractivity contribution < 1.29 is 42.0 Å². The van der Waals surface area contributed by atoms with Gasteiger partial charge in [-0.1, -0.05) is 11.2 Å². The zero-order valence-electron chi connectivity index (χ0n) is 22.1. The van der Waals surface area contributed by atoms with Crippen LogP contribution in [-0.2, 0) is 11.0 Å². The largest absolute Gasteiger partial charge is 0.478 e. The van der Waals surface area contributed by atoms with Gasteiger partial charge in [-0.2, -0.15) is 18.4 Å². The summed E-state index contributed by atoms with van der Waals surface area (Å²) in [6.45, 7) is 1.19. The first kappa shape index (κ1) is 29.3. The van der Waals surface area contributed by atoms with Crippen LogP contribution in [0.15, 0.2) is 53.1 Å². The summed E-state index contributed by atoms with van der Waals surface area (Å²) >= 11 is 0. The van der Waals surface area contributed by atoms with Gasteiger partial charge < -0.3 is 25.2 Å². The molecule has 42 heavy (non-hydrogen) atoms. The summed E-state index contributed by atoms with van der Waals surface area (Å²) in [5.41, 5.74) is -2.98. The highest BCUT2D eigenvalue weighted by Crippen LogP contribution is 2.41. The lowest BCUT2D eigenvalue weighted by Gasteiger charge is -2.20. The number of aromatic nitrogens is 1. The summed E-state index contributed by atoms with van der Waals surface area (Å²) in [6.07, 6.45) is -4.88. The van der Waals surface area contributed by atoms with Gasteiger partial charge in [0.1, 0.15) is 0 Å². The number of nitrogens with one attached hydrogen (secondary N) is 2. The molecule has 0 aliphatic rings. The molecule has 4 rings (SSSR count). The van der Waals surface area contributed by atoms with Gasteiger partial charge in [0, 0.05) is 32.3 Å². The Morgan fingerprint density at radius 1 is 1.00 bits per heavy atom. The van der Waals surface area contributed by atoms with E-state index in [-0.39, 0.29) is 50.3 Å². The van der Waals surface area contributed by atoms with Crippen LogP contribution in [-0.4, -0.2) is 48.0 Å². The summed E-state index contributed by atoms with van der Waals surface area (Å²) < 4.78 is 47.9. The minimum absolute atomic E-state index is 0.0247. The number of hydrogen-bond donors (Lipinski definition) is 3. The molecule has 1 aromatic heterocycles. The Kier molecular flexibility index (Phi) is 7.70. The maximum Gasteiger partial charge on any atom is 0.417 e. The lowest BCUT2D eigenvalue weighted by molar-refractivity contribution is -0.137.